The van der Waals surface area contributed by atoms with Gasteiger partial charge in [-0.2, -0.15) is 0 Å². The van der Waals surface area contributed by atoms with E-state index in [1.807, 2.05) is 13.8 Å². The number of amides is 1. The van der Waals surface area contributed by atoms with E-state index in [2.05, 4.69) is 5.32 Å². The molecule has 0 radical (unpaired) electrons. The Kier molecular flexibility index (Phi) is 6.13. The number of nitrogens with zero attached hydrogens (tertiary/aromatic N) is 1. The number of sulfonamides is 1. The van der Waals surface area contributed by atoms with Crippen molar-refractivity contribution in [3.05, 3.63) is 82.9 Å². The van der Waals surface area contributed by atoms with Gasteiger partial charge >= 0.3 is 0 Å². The number of fused-ring (bicyclic) bond motifs is 1. The van der Waals surface area contributed by atoms with E-state index in [1.54, 1.807) is 54.6 Å². The van der Waals surface area contributed by atoms with Gasteiger partial charge in [-0.05, 0) is 92.6 Å². The lowest BCUT2D eigenvalue weighted by Gasteiger charge is -2.24. The highest BCUT2D eigenvalue weighted by Crippen LogP contribution is 2.37. The van der Waals surface area contributed by atoms with Crippen LogP contribution in [0.5, 0.6) is 5.75 Å². The zero-order valence-electron chi connectivity index (χ0n) is 17.7. The summed E-state index contributed by atoms with van der Waals surface area (Å²) in [6.45, 7) is 4.34. The molecule has 0 fully saturated rings. The van der Waals surface area contributed by atoms with Crippen LogP contribution in [0.4, 0.5) is 11.4 Å². The predicted octanol–water partition coefficient (Wildman–Crippen LogP) is 5.13. The minimum Gasteiger partial charge on any atom is -0.494 e. The van der Waals surface area contributed by atoms with Gasteiger partial charge in [0.25, 0.3) is 15.9 Å². The molecule has 1 aliphatic heterocycles. The van der Waals surface area contributed by atoms with Crippen LogP contribution in [0.25, 0.3) is 0 Å². The third kappa shape index (κ3) is 4.31. The number of carbonyl (C=O) groups excluding carboxylic acids is 1. The molecule has 3 aromatic rings. The van der Waals surface area contributed by atoms with Gasteiger partial charge in [0.2, 0.25) is 0 Å². The van der Waals surface area contributed by atoms with Gasteiger partial charge in [-0.25, -0.2) is 8.42 Å². The van der Waals surface area contributed by atoms with Gasteiger partial charge in [-0.1, -0.05) is 11.6 Å². The van der Waals surface area contributed by atoms with E-state index in [0.29, 0.717) is 35.0 Å². The van der Waals surface area contributed by atoms with Crippen LogP contribution in [0.3, 0.4) is 0 Å². The second kappa shape index (κ2) is 8.84. The Bertz CT molecular complexity index is 1240. The fourth-order valence-corrected chi connectivity index (χ4v) is 5.65. The van der Waals surface area contributed by atoms with E-state index >= 15 is 0 Å². The molecule has 166 valence electrons. The molecular weight excluding hydrogens is 448 g/mol. The van der Waals surface area contributed by atoms with Crippen molar-refractivity contribution < 1.29 is 17.9 Å². The number of anilines is 2. The van der Waals surface area contributed by atoms with Crippen LogP contribution in [0.2, 0.25) is 5.02 Å². The normalized spacial score (nSPS) is 15.3. The Morgan fingerprint density at radius 1 is 1.09 bits per heavy atom. The maximum absolute atomic E-state index is 13.2. The Morgan fingerprint density at radius 3 is 2.44 bits per heavy atom. The number of halogens is 1. The van der Waals surface area contributed by atoms with Gasteiger partial charge in [0.05, 0.1) is 17.2 Å². The molecule has 1 amide bonds. The molecule has 32 heavy (non-hydrogen) atoms. The molecule has 0 unspecified atom stereocenters. The maximum atomic E-state index is 13.2. The summed E-state index contributed by atoms with van der Waals surface area (Å²) in [4.78, 5) is 12.9. The summed E-state index contributed by atoms with van der Waals surface area (Å²) in [5, 5.41) is 3.34. The first kappa shape index (κ1) is 22.2. The van der Waals surface area contributed by atoms with E-state index in [-0.39, 0.29) is 16.8 Å². The van der Waals surface area contributed by atoms with Gasteiger partial charge in [0.15, 0.2) is 0 Å². The van der Waals surface area contributed by atoms with E-state index in [9.17, 15) is 13.2 Å². The lowest BCUT2D eigenvalue weighted by atomic mass is 10.1. The van der Waals surface area contributed by atoms with Crippen molar-refractivity contribution in [1.29, 1.82) is 0 Å². The highest BCUT2D eigenvalue weighted by atomic mass is 35.5. The summed E-state index contributed by atoms with van der Waals surface area (Å²) in [6.07, 6.45) is 0.520. The Morgan fingerprint density at radius 2 is 1.78 bits per heavy atom. The molecule has 3 aromatic carbocycles. The van der Waals surface area contributed by atoms with Crippen molar-refractivity contribution in [3.8, 4) is 5.75 Å². The molecule has 4 rings (SSSR count). The molecule has 0 aromatic heterocycles. The molecule has 0 bridgehead atoms. The molecule has 1 heterocycles. The van der Waals surface area contributed by atoms with Crippen molar-refractivity contribution in [2.45, 2.75) is 31.2 Å². The van der Waals surface area contributed by atoms with Crippen molar-refractivity contribution in [2.24, 2.45) is 0 Å². The second-order valence-electron chi connectivity index (χ2n) is 7.56. The number of benzene rings is 3. The first-order valence-electron chi connectivity index (χ1n) is 10.3. The molecule has 0 aliphatic carbocycles. The summed E-state index contributed by atoms with van der Waals surface area (Å²) >= 11 is 5.91. The maximum Gasteiger partial charge on any atom is 0.264 e. The van der Waals surface area contributed by atoms with Crippen LogP contribution in [0.1, 0.15) is 29.8 Å². The summed E-state index contributed by atoms with van der Waals surface area (Å²) in [5.41, 5.74) is 2.52. The second-order valence-corrected chi connectivity index (χ2v) is 9.81. The van der Waals surface area contributed by atoms with Crippen LogP contribution in [0, 0.1) is 0 Å². The Labute approximate surface area is 192 Å². The number of carbonyl (C=O) groups is 1. The smallest absolute Gasteiger partial charge is 0.264 e. The summed E-state index contributed by atoms with van der Waals surface area (Å²) in [5.74, 6) is 0.475. The molecule has 0 spiro atoms. The van der Waals surface area contributed by atoms with Gasteiger partial charge in [-0.3, -0.25) is 9.10 Å². The monoisotopic (exact) mass is 470 g/mol. The number of ether oxygens (including phenoxy) is 1. The lowest BCUT2D eigenvalue weighted by Crippen LogP contribution is -2.35. The zero-order valence-corrected chi connectivity index (χ0v) is 19.3. The first-order chi connectivity index (χ1) is 15.3. The topological polar surface area (TPSA) is 75.7 Å². The quantitative estimate of drug-likeness (QED) is 0.541. The number of hydrogen-bond donors (Lipinski definition) is 1. The summed E-state index contributed by atoms with van der Waals surface area (Å²) in [6, 6.07) is 18.1. The molecule has 6 nitrogen and oxygen atoms in total. The van der Waals surface area contributed by atoms with Crippen LogP contribution >= 0.6 is 11.6 Å². The minimum absolute atomic E-state index is 0.180. The van der Waals surface area contributed by atoms with Gasteiger partial charge in [0.1, 0.15) is 5.75 Å². The molecule has 0 saturated carbocycles. The molecular formula is C24H23ClN2O4S. The number of hydrogen-bond acceptors (Lipinski definition) is 4. The van der Waals surface area contributed by atoms with Crippen molar-refractivity contribution in [1.82, 2.24) is 0 Å². The SMILES string of the molecule is CCOc1ccc(NC(=O)c2ccc3c(c2)C[C@H](C)N3S(=O)(=O)c2ccc(Cl)cc2)cc1. The molecule has 0 saturated heterocycles. The largest absolute Gasteiger partial charge is 0.494 e. The standard InChI is InChI=1S/C24H23ClN2O4S/c1-3-31-21-9-7-20(8-10-21)26-24(28)17-4-13-23-18(15-17)14-16(2)27(23)32(29,30)22-11-5-19(25)6-12-22/h4-13,15-16H,3,14H2,1-2H3,(H,26,28)/t16-/m0/s1. The van der Waals surface area contributed by atoms with Crippen LogP contribution in [0.15, 0.2) is 71.6 Å². The van der Waals surface area contributed by atoms with Crippen LogP contribution in [-0.2, 0) is 16.4 Å². The lowest BCUT2D eigenvalue weighted by molar-refractivity contribution is 0.102. The molecule has 8 heteroatoms. The highest BCUT2D eigenvalue weighted by Gasteiger charge is 2.36. The third-order valence-corrected chi connectivity index (χ3v) is 7.48. The fourth-order valence-electron chi connectivity index (χ4n) is 3.83. The predicted molar refractivity (Wildman–Crippen MR) is 126 cm³/mol. The molecule has 1 atom stereocenters. The van der Waals surface area contributed by atoms with E-state index in [0.717, 1.165) is 11.3 Å². The van der Waals surface area contributed by atoms with Crippen molar-refractivity contribution in [2.75, 3.05) is 16.2 Å². The Hall–Kier alpha value is -3.03. The highest BCUT2D eigenvalue weighted by molar-refractivity contribution is 7.92. The average Bonchev–Trinajstić information content (AvgIpc) is 3.11. The molecule has 1 aliphatic rings. The van der Waals surface area contributed by atoms with Crippen LogP contribution < -0.4 is 14.4 Å². The number of nitrogens with one attached hydrogen (secondary N) is 1. The average molecular weight is 471 g/mol. The minimum atomic E-state index is -3.75. The zero-order chi connectivity index (χ0) is 22.9. The van der Waals surface area contributed by atoms with Gasteiger partial charge in [-0.15, -0.1) is 0 Å². The van der Waals surface area contributed by atoms with Crippen LogP contribution in [-0.4, -0.2) is 27.0 Å². The number of rotatable bonds is 6. The Balaban J connectivity index is 1.57. The summed E-state index contributed by atoms with van der Waals surface area (Å²) < 4.78 is 33.3. The van der Waals surface area contributed by atoms with E-state index in [1.165, 1.54) is 16.4 Å². The van der Waals surface area contributed by atoms with Gasteiger partial charge < -0.3 is 10.1 Å². The third-order valence-electron chi connectivity index (χ3n) is 5.29. The van der Waals surface area contributed by atoms with Crippen molar-refractivity contribution in [3.63, 3.8) is 0 Å². The van der Waals surface area contributed by atoms with E-state index in [4.69, 9.17) is 16.3 Å². The fraction of sp³-hybridized carbons (Fsp3) is 0.208. The summed E-state index contributed by atoms with van der Waals surface area (Å²) in [7, 11) is -3.75. The van der Waals surface area contributed by atoms with Gasteiger partial charge in [0, 0.05) is 22.3 Å². The van der Waals surface area contributed by atoms with Crippen molar-refractivity contribution >= 4 is 38.9 Å². The van der Waals surface area contributed by atoms with E-state index < -0.39 is 10.0 Å². The first-order valence-corrected chi connectivity index (χ1v) is 12.1. The molecule has 1 N–H and O–H groups in total.